The van der Waals surface area contributed by atoms with E-state index >= 15 is 0 Å². The monoisotopic (exact) mass is 386 g/mol. The molecule has 0 N–H and O–H groups in total. The largest absolute Gasteiger partial charge is 0.443 e. The van der Waals surface area contributed by atoms with Crippen molar-refractivity contribution < 1.29 is 14.3 Å². The molecule has 126 valence electrons. The summed E-state index contributed by atoms with van der Waals surface area (Å²) in [6, 6.07) is 8.64. The lowest BCUT2D eigenvalue weighted by Gasteiger charge is -2.21. The molecule has 0 unspecified atom stereocenters. The van der Waals surface area contributed by atoms with Crippen molar-refractivity contribution in [2.24, 2.45) is 0 Å². The van der Waals surface area contributed by atoms with E-state index < -0.39 is 18.0 Å². The van der Waals surface area contributed by atoms with Crippen molar-refractivity contribution >= 4 is 46.7 Å². The van der Waals surface area contributed by atoms with Crippen LogP contribution in [0.15, 0.2) is 36.5 Å². The molecular weight excluding hydrogens is 375 g/mol. The second kappa shape index (κ2) is 7.83. The summed E-state index contributed by atoms with van der Waals surface area (Å²) in [7, 11) is 3.13. The van der Waals surface area contributed by atoms with Crippen LogP contribution in [0.1, 0.15) is 22.2 Å². The smallest absolute Gasteiger partial charge is 0.359 e. The Balaban J connectivity index is 2.35. The Morgan fingerprint density at radius 1 is 1.08 bits per heavy atom. The van der Waals surface area contributed by atoms with Crippen LogP contribution in [0.3, 0.4) is 0 Å². The number of carbonyl (C=O) groups excluding carboxylic acids is 2. The Bertz CT molecular complexity index is 767. The predicted molar refractivity (Wildman–Crippen MR) is 92.6 cm³/mol. The number of hydrogen-bond donors (Lipinski definition) is 0. The Morgan fingerprint density at radius 3 is 2.29 bits per heavy atom. The maximum Gasteiger partial charge on any atom is 0.359 e. The number of carbonyl (C=O) groups is 2. The predicted octanol–water partition coefficient (Wildman–Crippen LogP) is 4.03. The van der Waals surface area contributed by atoms with Crippen LogP contribution < -0.4 is 0 Å². The van der Waals surface area contributed by atoms with Crippen molar-refractivity contribution in [3.63, 3.8) is 0 Å². The Kier molecular flexibility index (Phi) is 6.04. The quantitative estimate of drug-likeness (QED) is 0.743. The van der Waals surface area contributed by atoms with Crippen LogP contribution in [0.4, 0.5) is 0 Å². The third-order valence-corrected chi connectivity index (χ3v) is 4.34. The molecular formula is C16H13Cl3N2O3. The SMILES string of the molecule is CN(C)C(=O)[C@H](OC(=O)c1ncc(Cl)c(Cl)c1Cl)c1ccccc1. The van der Waals surface area contributed by atoms with Crippen molar-refractivity contribution in [1.29, 1.82) is 0 Å². The molecule has 0 saturated heterocycles. The number of halogens is 3. The molecule has 8 heteroatoms. The summed E-state index contributed by atoms with van der Waals surface area (Å²) < 4.78 is 5.34. The second-order valence-corrected chi connectivity index (χ2v) is 6.17. The van der Waals surface area contributed by atoms with Crippen molar-refractivity contribution in [2.45, 2.75) is 6.10 Å². The first-order chi connectivity index (χ1) is 11.3. The number of amides is 1. The van der Waals surface area contributed by atoms with Gasteiger partial charge in [0.15, 0.2) is 5.69 Å². The van der Waals surface area contributed by atoms with E-state index in [1.165, 1.54) is 11.1 Å². The minimum absolute atomic E-state index is 0.00418. The fourth-order valence-electron chi connectivity index (χ4n) is 1.87. The highest BCUT2D eigenvalue weighted by molar-refractivity contribution is 6.48. The van der Waals surface area contributed by atoms with Gasteiger partial charge in [-0.2, -0.15) is 0 Å². The fourth-order valence-corrected chi connectivity index (χ4v) is 2.43. The summed E-state index contributed by atoms with van der Waals surface area (Å²) in [5, 5.41) is -0.0176. The minimum atomic E-state index is -1.12. The van der Waals surface area contributed by atoms with E-state index in [0.29, 0.717) is 5.56 Å². The van der Waals surface area contributed by atoms with E-state index in [1.807, 2.05) is 0 Å². The summed E-state index contributed by atoms with van der Waals surface area (Å²) >= 11 is 17.7. The number of likely N-dealkylation sites (N-methyl/N-ethyl adjacent to an activating group) is 1. The molecule has 1 amide bonds. The van der Waals surface area contributed by atoms with Crippen LogP contribution in [-0.2, 0) is 9.53 Å². The first kappa shape index (κ1) is 18.5. The third kappa shape index (κ3) is 3.98. The lowest BCUT2D eigenvalue weighted by Crippen LogP contribution is -2.31. The zero-order valence-corrected chi connectivity index (χ0v) is 15.1. The molecule has 1 atom stereocenters. The molecule has 0 aliphatic rings. The zero-order chi connectivity index (χ0) is 17.9. The van der Waals surface area contributed by atoms with E-state index in [4.69, 9.17) is 39.5 Å². The summed E-state index contributed by atoms with van der Waals surface area (Å²) in [6.45, 7) is 0. The number of hydrogen-bond acceptors (Lipinski definition) is 4. The van der Waals surface area contributed by atoms with Crippen LogP contribution in [0.2, 0.25) is 15.1 Å². The number of esters is 1. The van der Waals surface area contributed by atoms with Crippen LogP contribution in [0.5, 0.6) is 0 Å². The number of pyridine rings is 1. The van der Waals surface area contributed by atoms with Crippen molar-refractivity contribution in [3.8, 4) is 0 Å². The van der Waals surface area contributed by atoms with Crippen LogP contribution in [0.25, 0.3) is 0 Å². The number of nitrogens with zero attached hydrogens (tertiary/aromatic N) is 2. The molecule has 1 heterocycles. The first-order valence-electron chi connectivity index (χ1n) is 6.79. The summed E-state index contributed by atoms with van der Waals surface area (Å²) in [4.78, 5) is 29.9. The van der Waals surface area contributed by atoms with E-state index in [9.17, 15) is 9.59 Å². The number of benzene rings is 1. The molecule has 2 rings (SSSR count). The number of aromatic nitrogens is 1. The van der Waals surface area contributed by atoms with Gasteiger partial charge in [-0.15, -0.1) is 0 Å². The molecule has 0 saturated carbocycles. The summed E-state index contributed by atoms with van der Waals surface area (Å²) in [5.74, 6) is -1.27. The maximum absolute atomic E-state index is 12.4. The van der Waals surface area contributed by atoms with Gasteiger partial charge in [-0.3, -0.25) is 4.79 Å². The normalized spacial score (nSPS) is 11.7. The van der Waals surface area contributed by atoms with Crippen LogP contribution in [0, 0.1) is 0 Å². The molecule has 0 aliphatic carbocycles. The Morgan fingerprint density at radius 2 is 1.71 bits per heavy atom. The van der Waals surface area contributed by atoms with Gasteiger partial charge >= 0.3 is 5.97 Å². The van der Waals surface area contributed by atoms with Gasteiger partial charge in [0.05, 0.1) is 15.1 Å². The lowest BCUT2D eigenvalue weighted by molar-refractivity contribution is -0.138. The number of ether oxygens (including phenoxy) is 1. The number of rotatable bonds is 4. The second-order valence-electron chi connectivity index (χ2n) is 5.01. The van der Waals surface area contributed by atoms with Gasteiger partial charge < -0.3 is 9.64 Å². The molecule has 5 nitrogen and oxygen atoms in total. The molecule has 1 aromatic heterocycles. The molecule has 0 radical (unpaired) electrons. The van der Waals surface area contributed by atoms with Gasteiger partial charge in [-0.25, -0.2) is 9.78 Å². The van der Waals surface area contributed by atoms with Gasteiger partial charge in [-0.1, -0.05) is 65.1 Å². The molecule has 1 aromatic carbocycles. The molecule has 0 spiro atoms. The average molecular weight is 388 g/mol. The maximum atomic E-state index is 12.4. The van der Waals surface area contributed by atoms with E-state index in [2.05, 4.69) is 4.98 Å². The van der Waals surface area contributed by atoms with E-state index in [0.717, 1.165) is 0 Å². The van der Waals surface area contributed by atoms with Gasteiger partial charge in [0.2, 0.25) is 6.10 Å². The standard InChI is InChI=1S/C16H13Cl3N2O3/c1-21(2)15(22)14(9-6-4-3-5-7-9)24-16(23)13-12(19)11(18)10(17)8-20-13/h3-8,14H,1-2H3/t14-/m1/s1. The van der Waals surface area contributed by atoms with E-state index in [1.54, 1.807) is 44.4 Å². The first-order valence-corrected chi connectivity index (χ1v) is 7.93. The fraction of sp³-hybridized carbons (Fsp3) is 0.188. The molecule has 0 bridgehead atoms. The van der Waals surface area contributed by atoms with E-state index in [-0.39, 0.29) is 20.8 Å². The van der Waals surface area contributed by atoms with Gasteiger partial charge in [0, 0.05) is 25.9 Å². The third-order valence-electron chi connectivity index (χ3n) is 3.10. The molecule has 2 aromatic rings. The zero-order valence-electron chi connectivity index (χ0n) is 12.8. The van der Waals surface area contributed by atoms with Gasteiger partial charge in [-0.05, 0) is 0 Å². The lowest BCUT2D eigenvalue weighted by atomic mass is 10.1. The molecule has 0 fully saturated rings. The summed E-state index contributed by atoms with van der Waals surface area (Å²) in [6.07, 6.45) is 0.0681. The Labute approximate surface area is 154 Å². The van der Waals surface area contributed by atoms with Crippen molar-refractivity contribution in [2.75, 3.05) is 14.1 Å². The van der Waals surface area contributed by atoms with Gasteiger partial charge in [0.1, 0.15) is 0 Å². The van der Waals surface area contributed by atoms with Crippen molar-refractivity contribution in [1.82, 2.24) is 9.88 Å². The van der Waals surface area contributed by atoms with Crippen LogP contribution >= 0.6 is 34.8 Å². The average Bonchev–Trinajstić information content (AvgIpc) is 2.57. The van der Waals surface area contributed by atoms with Crippen LogP contribution in [-0.4, -0.2) is 35.9 Å². The highest BCUT2D eigenvalue weighted by atomic mass is 35.5. The Hall–Kier alpha value is -1.82. The van der Waals surface area contributed by atoms with Gasteiger partial charge in [0.25, 0.3) is 5.91 Å². The molecule has 0 aliphatic heterocycles. The highest BCUT2D eigenvalue weighted by Crippen LogP contribution is 2.32. The highest BCUT2D eigenvalue weighted by Gasteiger charge is 2.29. The topological polar surface area (TPSA) is 59.5 Å². The summed E-state index contributed by atoms with van der Waals surface area (Å²) in [5.41, 5.74) is 0.319. The molecule has 24 heavy (non-hydrogen) atoms. The minimum Gasteiger partial charge on any atom is -0.443 e. The van der Waals surface area contributed by atoms with Crippen molar-refractivity contribution in [3.05, 3.63) is 62.9 Å².